The summed E-state index contributed by atoms with van der Waals surface area (Å²) in [5.41, 5.74) is 1.25. The second kappa shape index (κ2) is 5.35. The number of nitriles is 1. The number of nitrogens with zero attached hydrogens (tertiary/aromatic N) is 2. The quantitative estimate of drug-likeness (QED) is 0.808. The molecule has 0 N–H and O–H groups in total. The van der Waals surface area contributed by atoms with Crippen molar-refractivity contribution in [3.05, 3.63) is 35.9 Å². The molecular formula is C17H24N2. The average molecular weight is 256 g/mol. The highest BCUT2D eigenvalue weighted by molar-refractivity contribution is 5.33. The van der Waals surface area contributed by atoms with Gasteiger partial charge in [0, 0.05) is 19.6 Å². The van der Waals surface area contributed by atoms with Gasteiger partial charge in [-0.15, -0.1) is 0 Å². The van der Waals surface area contributed by atoms with Crippen molar-refractivity contribution in [1.29, 1.82) is 5.26 Å². The third-order valence-corrected chi connectivity index (χ3v) is 3.95. The number of likely N-dealkylation sites (tertiary alicyclic amines) is 1. The predicted molar refractivity (Wildman–Crippen MR) is 78.9 cm³/mol. The summed E-state index contributed by atoms with van der Waals surface area (Å²) in [6.07, 6.45) is 1.90. The lowest BCUT2D eigenvalue weighted by molar-refractivity contribution is 0.137. The molecule has 2 rings (SSSR count). The lowest BCUT2D eigenvalue weighted by atomic mass is 9.74. The van der Waals surface area contributed by atoms with Crippen LogP contribution in [0.5, 0.6) is 0 Å². The molecule has 0 atom stereocenters. The van der Waals surface area contributed by atoms with Crippen LogP contribution in [0.4, 0.5) is 0 Å². The number of hydrogen-bond acceptors (Lipinski definition) is 2. The van der Waals surface area contributed by atoms with E-state index in [9.17, 15) is 5.26 Å². The van der Waals surface area contributed by atoms with Crippen LogP contribution in [0.15, 0.2) is 30.3 Å². The summed E-state index contributed by atoms with van der Waals surface area (Å²) >= 11 is 0. The van der Waals surface area contributed by atoms with E-state index in [1.165, 1.54) is 5.56 Å². The number of benzene rings is 1. The molecule has 0 spiro atoms. The third-order valence-electron chi connectivity index (χ3n) is 3.95. The molecule has 0 bridgehead atoms. The lowest BCUT2D eigenvalue weighted by Crippen LogP contribution is -2.44. The van der Waals surface area contributed by atoms with Gasteiger partial charge in [-0.3, -0.25) is 0 Å². The van der Waals surface area contributed by atoms with E-state index in [-0.39, 0.29) is 5.41 Å². The Morgan fingerprint density at radius 1 is 1.16 bits per heavy atom. The summed E-state index contributed by atoms with van der Waals surface area (Å²) in [7, 11) is 0. The van der Waals surface area contributed by atoms with E-state index in [0.717, 1.165) is 32.5 Å². The van der Waals surface area contributed by atoms with E-state index in [0.29, 0.717) is 5.41 Å². The minimum atomic E-state index is -0.268. The van der Waals surface area contributed by atoms with Crippen molar-refractivity contribution in [2.45, 2.75) is 39.0 Å². The Bertz CT molecular complexity index is 442. The average Bonchev–Trinajstić information content (AvgIpc) is 2.39. The molecule has 19 heavy (non-hydrogen) atoms. The SMILES string of the molecule is CC(C)(C)CN1CCC(C#N)(c2ccccc2)CC1. The Morgan fingerprint density at radius 2 is 1.74 bits per heavy atom. The molecule has 1 aliphatic rings. The van der Waals surface area contributed by atoms with Crippen molar-refractivity contribution < 1.29 is 0 Å². The van der Waals surface area contributed by atoms with Gasteiger partial charge in [-0.25, -0.2) is 0 Å². The number of piperidine rings is 1. The van der Waals surface area contributed by atoms with Crippen LogP contribution in [0.2, 0.25) is 0 Å². The summed E-state index contributed by atoms with van der Waals surface area (Å²) in [5.74, 6) is 0. The first-order valence-corrected chi connectivity index (χ1v) is 7.14. The zero-order valence-corrected chi connectivity index (χ0v) is 12.3. The zero-order valence-electron chi connectivity index (χ0n) is 12.3. The maximum Gasteiger partial charge on any atom is 0.0846 e. The first-order chi connectivity index (χ1) is 8.95. The van der Waals surface area contributed by atoms with Gasteiger partial charge in [0.15, 0.2) is 0 Å². The first kappa shape index (κ1) is 14.1. The van der Waals surface area contributed by atoms with Gasteiger partial charge in [-0.2, -0.15) is 5.26 Å². The molecule has 1 saturated heterocycles. The monoisotopic (exact) mass is 256 g/mol. The van der Waals surface area contributed by atoms with Gasteiger partial charge in [0.2, 0.25) is 0 Å². The Balaban J connectivity index is 2.07. The van der Waals surface area contributed by atoms with Crippen LogP contribution in [0, 0.1) is 16.7 Å². The highest BCUT2D eigenvalue weighted by Gasteiger charge is 2.36. The zero-order chi connectivity index (χ0) is 13.9. The number of rotatable bonds is 2. The highest BCUT2D eigenvalue weighted by Crippen LogP contribution is 2.35. The van der Waals surface area contributed by atoms with Crippen molar-refractivity contribution in [1.82, 2.24) is 4.90 Å². The molecule has 0 amide bonds. The summed E-state index contributed by atoms with van der Waals surface area (Å²) < 4.78 is 0. The maximum atomic E-state index is 9.65. The van der Waals surface area contributed by atoms with E-state index >= 15 is 0 Å². The van der Waals surface area contributed by atoms with Crippen LogP contribution in [0.1, 0.15) is 39.2 Å². The molecule has 1 aromatic rings. The minimum absolute atomic E-state index is 0.268. The molecule has 0 unspecified atom stereocenters. The predicted octanol–water partition coefficient (Wildman–Crippen LogP) is 3.59. The normalized spacial score (nSPS) is 19.9. The van der Waals surface area contributed by atoms with Gasteiger partial charge in [0.1, 0.15) is 0 Å². The van der Waals surface area contributed by atoms with Gasteiger partial charge in [0.25, 0.3) is 0 Å². The molecular weight excluding hydrogens is 232 g/mol. The summed E-state index contributed by atoms with van der Waals surface area (Å²) in [5, 5.41) is 9.65. The van der Waals surface area contributed by atoms with Crippen LogP contribution in [0.25, 0.3) is 0 Å². The van der Waals surface area contributed by atoms with Crippen molar-refractivity contribution in [2.24, 2.45) is 5.41 Å². The van der Waals surface area contributed by atoms with E-state index < -0.39 is 0 Å². The second-order valence-corrected chi connectivity index (χ2v) is 6.90. The van der Waals surface area contributed by atoms with Gasteiger partial charge in [0.05, 0.1) is 11.5 Å². The summed E-state index contributed by atoms with van der Waals surface area (Å²) in [6.45, 7) is 9.99. The second-order valence-electron chi connectivity index (χ2n) is 6.90. The molecule has 2 nitrogen and oxygen atoms in total. The Labute approximate surface area is 117 Å². The Kier molecular flexibility index (Phi) is 3.96. The maximum absolute atomic E-state index is 9.65. The lowest BCUT2D eigenvalue weighted by Gasteiger charge is -2.40. The smallest absolute Gasteiger partial charge is 0.0846 e. The molecule has 2 heteroatoms. The van der Waals surface area contributed by atoms with E-state index in [1.54, 1.807) is 0 Å². The fourth-order valence-electron chi connectivity index (χ4n) is 2.99. The Morgan fingerprint density at radius 3 is 2.21 bits per heavy atom. The molecule has 102 valence electrons. The molecule has 1 aliphatic heterocycles. The highest BCUT2D eigenvalue weighted by atomic mass is 15.1. The standard InChI is InChI=1S/C17H24N2/c1-16(2,3)14-19-11-9-17(13-18,10-12-19)15-7-5-4-6-8-15/h4-8H,9-12,14H2,1-3H3. The first-order valence-electron chi connectivity index (χ1n) is 7.14. The van der Waals surface area contributed by atoms with Gasteiger partial charge in [-0.05, 0) is 23.8 Å². The van der Waals surface area contributed by atoms with E-state index in [4.69, 9.17) is 0 Å². The molecule has 1 aromatic carbocycles. The molecule has 0 aromatic heterocycles. The molecule has 0 radical (unpaired) electrons. The largest absolute Gasteiger partial charge is 0.303 e. The Hall–Kier alpha value is -1.33. The van der Waals surface area contributed by atoms with Crippen LogP contribution >= 0.6 is 0 Å². The topological polar surface area (TPSA) is 27.0 Å². The minimum Gasteiger partial charge on any atom is -0.303 e. The van der Waals surface area contributed by atoms with Gasteiger partial charge < -0.3 is 4.90 Å². The van der Waals surface area contributed by atoms with E-state index in [1.807, 2.05) is 18.2 Å². The van der Waals surface area contributed by atoms with Crippen molar-refractivity contribution >= 4 is 0 Å². The van der Waals surface area contributed by atoms with Gasteiger partial charge >= 0.3 is 0 Å². The fraction of sp³-hybridized carbons (Fsp3) is 0.588. The van der Waals surface area contributed by atoms with Crippen LogP contribution < -0.4 is 0 Å². The van der Waals surface area contributed by atoms with Crippen molar-refractivity contribution in [2.75, 3.05) is 19.6 Å². The molecule has 0 saturated carbocycles. The van der Waals surface area contributed by atoms with Crippen molar-refractivity contribution in [3.63, 3.8) is 0 Å². The van der Waals surface area contributed by atoms with E-state index in [2.05, 4.69) is 43.9 Å². The third kappa shape index (κ3) is 3.36. The molecule has 1 fully saturated rings. The number of hydrogen-bond donors (Lipinski definition) is 0. The molecule has 1 heterocycles. The van der Waals surface area contributed by atoms with Crippen LogP contribution in [0.3, 0.4) is 0 Å². The fourth-order valence-corrected chi connectivity index (χ4v) is 2.99. The van der Waals surface area contributed by atoms with Crippen LogP contribution in [-0.4, -0.2) is 24.5 Å². The van der Waals surface area contributed by atoms with Crippen molar-refractivity contribution in [3.8, 4) is 6.07 Å². The van der Waals surface area contributed by atoms with Crippen LogP contribution in [-0.2, 0) is 5.41 Å². The summed E-state index contributed by atoms with van der Waals surface area (Å²) in [6, 6.07) is 12.9. The molecule has 0 aliphatic carbocycles. The summed E-state index contributed by atoms with van der Waals surface area (Å²) in [4.78, 5) is 2.50. The van der Waals surface area contributed by atoms with Gasteiger partial charge in [-0.1, -0.05) is 51.1 Å².